The van der Waals surface area contributed by atoms with Gasteiger partial charge in [-0.25, -0.2) is 8.42 Å². The van der Waals surface area contributed by atoms with Crippen LogP contribution >= 0.6 is 0 Å². The van der Waals surface area contributed by atoms with Crippen LogP contribution in [-0.4, -0.2) is 27.2 Å². The molecular weight excluding hydrogens is 154 g/mol. The third-order valence-electron chi connectivity index (χ3n) is 0.810. The molecule has 4 nitrogen and oxygen atoms in total. The van der Waals surface area contributed by atoms with Crippen LogP contribution in [0, 0.1) is 0 Å². The minimum absolute atomic E-state index is 0.0105. The van der Waals surface area contributed by atoms with E-state index < -0.39 is 10.0 Å². The van der Waals surface area contributed by atoms with Crippen molar-refractivity contribution in [3.05, 3.63) is 0 Å². The maximum atomic E-state index is 10.6. The summed E-state index contributed by atoms with van der Waals surface area (Å²) < 4.78 is 29.0. The molecule has 0 saturated heterocycles. The molecule has 10 heavy (non-hydrogen) atoms. The zero-order valence-electron chi connectivity index (χ0n) is 6.07. The molecule has 0 unspecified atom stereocenters. The molecule has 0 aromatic heterocycles. The molecule has 0 aliphatic heterocycles. The molecule has 0 aromatic rings. The van der Waals surface area contributed by atoms with E-state index in [9.17, 15) is 8.42 Å². The molecule has 0 aliphatic rings. The van der Waals surface area contributed by atoms with Crippen LogP contribution in [0.15, 0.2) is 4.40 Å². The molecule has 0 aliphatic carbocycles. The fraction of sp³-hybridized carbons (Fsp3) is 0.800. The van der Waals surface area contributed by atoms with Gasteiger partial charge in [0.15, 0.2) is 6.40 Å². The molecule has 0 N–H and O–H groups in total. The maximum Gasteiger partial charge on any atom is 0.255 e. The number of ether oxygens (including phenoxy) is 1. The molecule has 0 aromatic carbocycles. The average Bonchev–Trinajstić information content (AvgIpc) is 1.89. The predicted octanol–water partition coefficient (Wildman–Crippen LogP) is 0.401. The van der Waals surface area contributed by atoms with E-state index in [0.29, 0.717) is 6.61 Å². The molecule has 0 saturated carbocycles. The van der Waals surface area contributed by atoms with Crippen LogP contribution in [0.3, 0.4) is 0 Å². The third kappa shape index (κ3) is 4.31. The van der Waals surface area contributed by atoms with Crippen molar-refractivity contribution in [3.8, 4) is 0 Å². The third-order valence-corrected chi connectivity index (χ3v) is 1.95. The molecule has 5 heteroatoms. The normalized spacial score (nSPS) is 12.2. The molecule has 0 fully saturated rings. The highest BCUT2D eigenvalue weighted by atomic mass is 32.2. The summed E-state index contributed by atoms with van der Waals surface area (Å²) in [6.07, 6.45) is 0.957. The number of sulfonamides is 1. The van der Waals surface area contributed by atoms with Gasteiger partial charge < -0.3 is 4.74 Å². The van der Waals surface area contributed by atoms with E-state index >= 15 is 0 Å². The number of nitrogens with zero attached hydrogens (tertiary/aromatic N) is 1. The lowest BCUT2D eigenvalue weighted by Crippen LogP contribution is -1.99. The minimum atomic E-state index is -3.25. The zero-order valence-corrected chi connectivity index (χ0v) is 6.89. The number of rotatable bonds is 4. The van der Waals surface area contributed by atoms with E-state index in [-0.39, 0.29) is 5.75 Å². The van der Waals surface area contributed by atoms with Crippen LogP contribution < -0.4 is 0 Å². The summed E-state index contributed by atoms with van der Waals surface area (Å²) in [5.41, 5.74) is 0. The zero-order chi connectivity index (χ0) is 8.04. The summed E-state index contributed by atoms with van der Waals surface area (Å²) in [5, 5.41) is 0. The second-order valence-corrected chi connectivity index (χ2v) is 3.49. The van der Waals surface area contributed by atoms with E-state index in [1.165, 1.54) is 6.92 Å². The lowest BCUT2D eigenvalue weighted by atomic mass is 10.9. The van der Waals surface area contributed by atoms with Crippen molar-refractivity contribution in [2.24, 2.45) is 4.40 Å². The van der Waals surface area contributed by atoms with Crippen molar-refractivity contribution in [3.63, 3.8) is 0 Å². The fourth-order valence-corrected chi connectivity index (χ4v) is 0.586. The summed E-state index contributed by atoms with van der Waals surface area (Å²) in [7, 11) is -3.25. The van der Waals surface area contributed by atoms with Crippen LogP contribution in [0.1, 0.15) is 13.8 Å². The first-order valence-electron chi connectivity index (χ1n) is 3.00. The largest absolute Gasteiger partial charge is 0.483 e. The summed E-state index contributed by atoms with van der Waals surface area (Å²) in [6, 6.07) is 0. The van der Waals surface area contributed by atoms with Crippen molar-refractivity contribution < 1.29 is 13.2 Å². The smallest absolute Gasteiger partial charge is 0.255 e. The van der Waals surface area contributed by atoms with Gasteiger partial charge in [-0.2, -0.15) is 0 Å². The van der Waals surface area contributed by atoms with Crippen molar-refractivity contribution in [1.29, 1.82) is 0 Å². The van der Waals surface area contributed by atoms with Gasteiger partial charge in [0.25, 0.3) is 10.0 Å². The van der Waals surface area contributed by atoms with Gasteiger partial charge in [-0.3, -0.25) is 0 Å². The van der Waals surface area contributed by atoms with E-state index in [2.05, 4.69) is 9.13 Å². The molecule has 0 amide bonds. The van der Waals surface area contributed by atoms with Crippen molar-refractivity contribution >= 4 is 16.4 Å². The Bertz CT molecular complexity index is 195. The van der Waals surface area contributed by atoms with Gasteiger partial charge in [0, 0.05) is 0 Å². The molecule has 0 rings (SSSR count). The summed E-state index contributed by atoms with van der Waals surface area (Å²) in [5.74, 6) is 0.0105. The van der Waals surface area contributed by atoms with E-state index in [1.54, 1.807) is 6.92 Å². The first-order chi connectivity index (χ1) is 4.62. The van der Waals surface area contributed by atoms with Gasteiger partial charge >= 0.3 is 0 Å². The van der Waals surface area contributed by atoms with Crippen LogP contribution in [0.2, 0.25) is 0 Å². The highest BCUT2D eigenvalue weighted by molar-refractivity contribution is 7.90. The highest BCUT2D eigenvalue weighted by Gasteiger charge is 1.99. The van der Waals surface area contributed by atoms with Crippen LogP contribution in [0.5, 0.6) is 0 Å². The van der Waals surface area contributed by atoms with Crippen LogP contribution in [0.25, 0.3) is 0 Å². The van der Waals surface area contributed by atoms with Gasteiger partial charge in [-0.05, 0) is 13.8 Å². The Labute approximate surface area is 61.0 Å². The van der Waals surface area contributed by atoms with Crippen LogP contribution in [-0.2, 0) is 14.8 Å². The van der Waals surface area contributed by atoms with E-state index in [4.69, 9.17) is 0 Å². The quantitative estimate of drug-likeness (QED) is 0.447. The van der Waals surface area contributed by atoms with Crippen LogP contribution in [0.4, 0.5) is 0 Å². The molecule has 0 heterocycles. The van der Waals surface area contributed by atoms with Gasteiger partial charge in [-0.15, -0.1) is 4.40 Å². The molecule has 0 spiro atoms. The second kappa shape index (κ2) is 4.27. The Morgan fingerprint density at radius 1 is 1.50 bits per heavy atom. The Kier molecular flexibility index (Phi) is 4.02. The maximum absolute atomic E-state index is 10.6. The van der Waals surface area contributed by atoms with Gasteiger partial charge in [0.1, 0.15) is 0 Å². The Morgan fingerprint density at radius 3 is 2.50 bits per heavy atom. The molecule has 0 bridgehead atoms. The standard InChI is InChI=1S/C5H11NO3S/c1-3-9-5-6-10(7,8)4-2/h5H,3-4H2,1-2H3. The Balaban J connectivity index is 3.89. The molecule has 60 valence electrons. The highest BCUT2D eigenvalue weighted by Crippen LogP contribution is 1.88. The molecule has 0 atom stereocenters. The van der Waals surface area contributed by atoms with Gasteiger partial charge in [-0.1, -0.05) is 0 Å². The molecular formula is C5H11NO3S. The van der Waals surface area contributed by atoms with Gasteiger partial charge in [0.05, 0.1) is 12.4 Å². The molecule has 0 radical (unpaired) electrons. The van der Waals surface area contributed by atoms with Crippen molar-refractivity contribution in [1.82, 2.24) is 0 Å². The van der Waals surface area contributed by atoms with Gasteiger partial charge in [0.2, 0.25) is 0 Å². The lowest BCUT2D eigenvalue weighted by Gasteiger charge is -1.91. The monoisotopic (exact) mass is 165 g/mol. The SMILES string of the molecule is CCOC=NS(=O)(=O)CC. The number of hydrogen-bond acceptors (Lipinski definition) is 3. The minimum Gasteiger partial charge on any atom is -0.483 e. The average molecular weight is 165 g/mol. The summed E-state index contributed by atoms with van der Waals surface area (Å²) in [6.45, 7) is 3.71. The van der Waals surface area contributed by atoms with Crippen molar-refractivity contribution in [2.75, 3.05) is 12.4 Å². The Morgan fingerprint density at radius 2 is 2.10 bits per heavy atom. The topological polar surface area (TPSA) is 55.7 Å². The predicted molar refractivity (Wildman–Crippen MR) is 39.6 cm³/mol. The lowest BCUT2D eigenvalue weighted by molar-refractivity contribution is 0.344. The first-order valence-corrected chi connectivity index (χ1v) is 4.61. The summed E-state index contributed by atoms with van der Waals surface area (Å²) >= 11 is 0. The number of hydrogen-bond donors (Lipinski definition) is 0. The van der Waals surface area contributed by atoms with E-state index in [1.807, 2.05) is 0 Å². The second-order valence-electron chi connectivity index (χ2n) is 1.54. The first kappa shape index (κ1) is 9.42. The van der Waals surface area contributed by atoms with Crippen molar-refractivity contribution in [2.45, 2.75) is 13.8 Å². The van der Waals surface area contributed by atoms with E-state index in [0.717, 1.165) is 6.40 Å². The fourth-order valence-electron chi connectivity index (χ4n) is 0.245. The Hall–Kier alpha value is -0.580. The summed E-state index contributed by atoms with van der Waals surface area (Å²) in [4.78, 5) is 0.